The summed E-state index contributed by atoms with van der Waals surface area (Å²) < 4.78 is 1.92. The van der Waals surface area contributed by atoms with E-state index in [4.69, 9.17) is 11.6 Å². The van der Waals surface area contributed by atoms with Crippen molar-refractivity contribution in [3.05, 3.63) is 72.0 Å². The number of rotatable bonds is 5. The largest absolute Gasteiger partial charge is 0.315 e. The van der Waals surface area contributed by atoms with Gasteiger partial charge >= 0.3 is 0 Å². The minimum atomic E-state index is 0.0202. The van der Waals surface area contributed by atoms with Gasteiger partial charge in [0.05, 0.1) is 5.75 Å². The molecule has 1 amide bonds. The average Bonchev–Trinajstić information content (AvgIpc) is 3.08. The second-order valence-electron chi connectivity index (χ2n) is 5.14. The molecule has 6 heteroatoms. The maximum atomic E-state index is 12.4. The molecule has 1 aromatic heterocycles. The van der Waals surface area contributed by atoms with Crippen molar-refractivity contribution in [1.29, 1.82) is 0 Å². The monoisotopic (exact) mass is 357 g/mol. The van der Waals surface area contributed by atoms with E-state index in [2.05, 4.69) is 4.98 Å². The van der Waals surface area contributed by atoms with Gasteiger partial charge < -0.3 is 4.90 Å². The third-order valence-corrected chi connectivity index (χ3v) is 4.72. The van der Waals surface area contributed by atoms with E-state index in [9.17, 15) is 4.79 Å². The van der Waals surface area contributed by atoms with Gasteiger partial charge in [0.15, 0.2) is 5.16 Å². The van der Waals surface area contributed by atoms with Crippen molar-refractivity contribution in [3.8, 4) is 5.69 Å². The van der Waals surface area contributed by atoms with E-state index in [-0.39, 0.29) is 5.91 Å². The second-order valence-corrected chi connectivity index (χ2v) is 6.52. The van der Waals surface area contributed by atoms with E-state index < -0.39 is 0 Å². The van der Waals surface area contributed by atoms with Crippen molar-refractivity contribution in [2.75, 3.05) is 17.7 Å². The Morgan fingerprint density at radius 3 is 2.75 bits per heavy atom. The summed E-state index contributed by atoms with van der Waals surface area (Å²) >= 11 is 7.45. The molecule has 3 aromatic rings. The van der Waals surface area contributed by atoms with Crippen molar-refractivity contribution >= 4 is 35.0 Å². The molecule has 24 heavy (non-hydrogen) atoms. The van der Waals surface area contributed by atoms with Gasteiger partial charge in [0, 0.05) is 35.8 Å². The Hall–Kier alpha value is -2.24. The van der Waals surface area contributed by atoms with Crippen LogP contribution in [0.1, 0.15) is 0 Å². The van der Waals surface area contributed by atoms with Gasteiger partial charge in [0.25, 0.3) is 0 Å². The van der Waals surface area contributed by atoms with Crippen LogP contribution in [0.15, 0.2) is 72.1 Å². The van der Waals surface area contributed by atoms with Crippen LogP contribution in [-0.2, 0) is 4.79 Å². The zero-order chi connectivity index (χ0) is 16.9. The summed E-state index contributed by atoms with van der Waals surface area (Å²) in [5.74, 6) is 0.329. The van der Waals surface area contributed by atoms with Crippen molar-refractivity contribution in [3.63, 3.8) is 0 Å². The highest BCUT2D eigenvalue weighted by Gasteiger charge is 2.13. The van der Waals surface area contributed by atoms with Crippen molar-refractivity contribution < 1.29 is 4.79 Å². The summed E-state index contributed by atoms with van der Waals surface area (Å²) in [6.07, 6.45) is 3.58. The molecule has 1 heterocycles. The Morgan fingerprint density at radius 1 is 1.21 bits per heavy atom. The van der Waals surface area contributed by atoms with Crippen LogP contribution in [0.4, 0.5) is 5.69 Å². The van der Waals surface area contributed by atoms with Crippen LogP contribution in [0.25, 0.3) is 5.69 Å². The molecule has 3 rings (SSSR count). The maximum absolute atomic E-state index is 12.4. The fraction of sp³-hybridized carbons (Fsp3) is 0.111. The number of hydrogen-bond acceptors (Lipinski definition) is 3. The number of anilines is 1. The van der Waals surface area contributed by atoms with Crippen LogP contribution in [0.3, 0.4) is 0 Å². The van der Waals surface area contributed by atoms with E-state index in [1.54, 1.807) is 18.1 Å². The summed E-state index contributed by atoms with van der Waals surface area (Å²) in [4.78, 5) is 18.4. The van der Waals surface area contributed by atoms with Crippen LogP contribution >= 0.6 is 23.4 Å². The molecule has 0 aliphatic heterocycles. The molecule has 122 valence electrons. The number of imidazole rings is 1. The Morgan fingerprint density at radius 2 is 2.00 bits per heavy atom. The van der Waals surface area contributed by atoms with Gasteiger partial charge in [0.2, 0.25) is 5.91 Å². The molecular weight excluding hydrogens is 342 g/mol. The molecule has 0 N–H and O–H groups in total. The third-order valence-electron chi connectivity index (χ3n) is 3.54. The maximum Gasteiger partial charge on any atom is 0.237 e. The van der Waals surface area contributed by atoms with E-state index in [1.165, 1.54) is 11.8 Å². The molecule has 4 nitrogen and oxygen atoms in total. The van der Waals surface area contributed by atoms with Gasteiger partial charge in [-0.1, -0.05) is 47.6 Å². The highest BCUT2D eigenvalue weighted by Crippen LogP contribution is 2.23. The highest BCUT2D eigenvalue weighted by molar-refractivity contribution is 7.99. The summed E-state index contributed by atoms with van der Waals surface area (Å²) in [5.41, 5.74) is 1.80. The molecule has 0 aliphatic carbocycles. The van der Waals surface area contributed by atoms with Crippen LogP contribution in [0.2, 0.25) is 5.02 Å². The van der Waals surface area contributed by atoms with E-state index in [0.29, 0.717) is 10.8 Å². The Kier molecular flexibility index (Phi) is 5.23. The fourth-order valence-corrected chi connectivity index (χ4v) is 3.31. The molecule has 0 fully saturated rings. The number of carbonyl (C=O) groups is 1. The highest BCUT2D eigenvalue weighted by atomic mass is 35.5. The number of nitrogens with zero attached hydrogens (tertiary/aromatic N) is 3. The predicted octanol–water partition coefficient (Wildman–Crippen LogP) is 4.28. The van der Waals surface area contributed by atoms with Crippen molar-refractivity contribution in [1.82, 2.24) is 9.55 Å². The number of carbonyl (C=O) groups excluding carboxylic acids is 1. The molecule has 2 aromatic carbocycles. The molecular formula is C18H16ClN3OS. The molecule has 0 radical (unpaired) electrons. The lowest BCUT2D eigenvalue weighted by molar-refractivity contribution is -0.115. The van der Waals surface area contributed by atoms with Gasteiger partial charge in [-0.05, 0) is 30.3 Å². The lowest BCUT2D eigenvalue weighted by Crippen LogP contribution is -2.27. The number of aromatic nitrogens is 2. The summed E-state index contributed by atoms with van der Waals surface area (Å²) in [6, 6.07) is 17.1. The number of benzene rings is 2. The number of amides is 1. The zero-order valence-corrected chi connectivity index (χ0v) is 14.7. The van der Waals surface area contributed by atoms with Crippen molar-refractivity contribution in [2.24, 2.45) is 0 Å². The predicted molar refractivity (Wildman–Crippen MR) is 99.2 cm³/mol. The summed E-state index contributed by atoms with van der Waals surface area (Å²) in [7, 11) is 1.78. The zero-order valence-electron chi connectivity index (χ0n) is 13.1. The topological polar surface area (TPSA) is 38.1 Å². The van der Waals surface area contributed by atoms with Crippen LogP contribution in [0, 0.1) is 0 Å². The molecule has 0 atom stereocenters. The van der Waals surface area contributed by atoms with Crippen LogP contribution < -0.4 is 4.90 Å². The standard InChI is InChI=1S/C18H16ClN3OS/c1-21(15-7-3-2-4-8-15)17(23)13-24-18-20-10-11-22(18)16-9-5-6-14(19)12-16/h2-12H,13H2,1H3. The first-order chi connectivity index (χ1) is 11.6. The van der Waals surface area contributed by atoms with E-state index in [0.717, 1.165) is 16.5 Å². The molecule has 0 saturated heterocycles. The Labute approximate surface area is 150 Å². The van der Waals surface area contributed by atoms with Gasteiger partial charge in [-0.3, -0.25) is 9.36 Å². The SMILES string of the molecule is CN(C(=O)CSc1nccn1-c1cccc(Cl)c1)c1ccccc1. The quantitative estimate of drug-likeness (QED) is 0.639. The lowest BCUT2D eigenvalue weighted by atomic mass is 10.3. The minimum Gasteiger partial charge on any atom is -0.315 e. The molecule has 0 bridgehead atoms. The number of para-hydroxylation sites is 1. The first kappa shape index (κ1) is 16.6. The fourth-order valence-electron chi connectivity index (χ4n) is 2.24. The van der Waals surface area contributed by atoms with E-state index in [1.807, 2.05) is 65.4 Å². The third kappa shape index (κ3) is 3.80. The smallest absolute Gasteiger partial charge is 0.237 e. The van der Waals surface area contributed by atoms with Gasteiger partial charge in [-0.25, -0.2) is 4.98 Å². The van der Waals surface area contributed by atoms with E-state index >= 15 is 0 Å². The number of halogens is 1. The van der Waals surface area contributed by atoms with Gasteiger partial charge in [-0.15, -0.1) is 0 Å². The Balaban J connectivity index is 1.70. The number of hydrogen-bond donors (Lipinski definition) is 0. The van der Waals surface area contributed by atoms with Gasteiger partial charge in [0.1, 0.15) is 0 Å². The first-order valence-electron chi connectivity index (χ1n) is 7.39. The Bertz CT molecular complexity index is 835. The number of thioether (sulfide) groups is 1. The van der Waals surface area contributed by atoms with Crippen molar-refractivity contribution in [2.45, 2.75) is 5.16 Å². The normalized spacial score (nSPS) is 10.6. The summed E-state index contributed by atoms with van der Waals surface area (Å²) in [6.45, 7) is 0. The lowest BCUT2D eigenvalue weighted by Gasteiger charge is -2.17. The molecule has 0 aliphatic rings. The molecule has 0 unspecified atom stereocenters. The molecule has 0 spiro atoms. The first-order valence-corrected chi connectivity index (χ1v) is 8.75. The van der Waals surface area contributed by atoms with Gasteiger partial charge in [-0.2, -0.15) is 0 Å². The van der Waals surface area contributed by atoms with Crippen LogP contribution in [0.5, 0.6) is 0 Å². The molecule has 0 saturated carbocycles. The minimum absolute atomic E-state index is 0.0202. The second kappa shape index (κ2) is 7.55. The average molecular weight is 358 g/mol. The summed E-state index contributed by atoms with van der Waals surface area (Å²) in [5, 5.41) is 1.42. The van der Waals surface area contributed by atoms with Crippen LogP contribution in [-0.4, -0.2) is 28.3 Å².